The molecule has 1 N–H and O–H groups in total. The van der Waals surface area contributed by atoms with Crippen LogP contribution >= 0.6 is 11.6 Å². The Morgan fingerprint density at radius 2 is 2.06 bits per heavy atom. The highest BCUT2D eigenvalue weighted by atomic mass is 35.5. The zero-order valence-electron chi connectivity index (χ0n) is 9.21. The average Bonchev–Trinajstić information content (AvgIpc) is 2.37. The number of carboxylic acids is 1. The minimum Gasteiger partial charge on any atom is -0.486 e. The van der Waals surface area contributed by atoms with Gasteiger partial charge in [0.15, 0.2) is 5.82 Å². The summed E-state index contributed by atoms with van der Waals surface area (Å²) in [5.41, 5.74) is -0.125. The average molecular weight is 265 g/mol. The van der Waals surface area contributed by atoms with Gasteiger partial charge in [-0.1, -0.05) is 29.8 Å². The molecule has 0 fully saturated rings. The fraction of sp³-hybridized carbons (Fsp3) is 0.0833. The quantitative estimate of drug-likeness (QED) is 0.859. The zero-order valence-corrected chi connectivity index (χ0v) is 9.96. The Bertz CT molecular complexity index is 561. The third kappa shape index (κ3) is 2.95. The van der Waals surface area contributed by atoms with Gasteiger partial charge in [-0.05, 0) is 12.1 Å². The minimum absolute atomic E-state index is 0.0934. The fourth-order valence-electron chi connectivity index (χ4n) is 1.27. The second kappa shape index (κ2) is 5.46. The van der Waals surface area contributed by atoms with Crippen molar-refractivity contribution in [2.75, 3.05) is 0 Å². The van der Waals surface area contributed by atoms with Gasteiger partial charge >= 0.3 is 5.97 Å². The summed E-state index contributed by atoms with van der Waals surface area (Å²) in [6, 6.07) is 9.16. The summed E-state index contributed by atoms with van der Waals surface area (Å²) in [5, 5.41) is 8.68. The van der Waals surface area contributed by atoms with Crippen molar-refractivity contribution in [1.29, 1.82) is 0 Å². The number of hydrogen-bond acceptors (Lipinski definition) is 4. The van der Waals surface area contributed by atoms with Crippen LogP contribution in [0.25, 0.3) is 0 Å². The first-order valence-corrected chi connectivity index (χ1v) is 5.47. The third-order valence-corrected chi connectivity index (χ3v) is 2.42. The van der Waals surface area contributed by atoms with Crippen LogP contribution in [0.2, 0.25) is 5.15 Å². The maximum absolute atomic E-state index is 10.7. The molecule has 2 aromatic rings. The molecule has 0 spiro atoms. The van der Waals surface area contributed by atoms with E-state index in [0.29, 0.717) is 11.6 Å². The minimum atomic E-state index is -1.16. The number of nitrogens with zero attached hydrogens (tertiary/aromatic N) is 2. The Balaban J connectivity index is 2.07. The monoisotopic (exact) mass is 264 g/mol. The molecular weight excluding hydrogens is 256 g/mol. The number of hydrogen-bond donors (Lipinski definition) is 1. The maximum Gasteiger partial charge on any atom is 0.340 e. The predicted octanol–water partition coefficient (Wildman–Crippen LogP) is 2.41. The SMILES string of the molecule is O=C(O)c1cnc(COc2ccccc2)nc1Cl. The molecule has 2 rings (SSSR count). The first kappa shape index (κ1) is 12.3. The molecule has 5 nitrogen and oxygen atoms in total. The summed E-state index contributed by atoms with van der Waals surface area (Å²) in [4.78, 5) is 18.4. The van der Waals surface area contributed by atoms with Crippen molar-refractivity contribution in [3.8, 4) is 5.75 Å². The van der Waals surface area contributed by atoms with Crippen LogP contribution in [0.5, 0.6) is 5.75 Å². The summed E-state index contributed by atoms with van der Waals surface area (Å²) in [5.74, 6) is -0.149. The second-order valence-corrected chi connectivity index (χ2v) is 3.76. The van der Waals surface area contributed by atoms with Crippen molar-refractivity contribution >= 4 is 17.6 Å². The Kier molecular flexibility index (Phi) is 3.74. The van der Waals surface area contributed by atoms with Gasteiger partial charge in [0.25, 0.3) is 0 Å². The number of para-hydroxylation sites is 1. The van der Waals surface area contributed by atoms with E-state index in [4.69, 9.17) is 21.4 Å². The molecule has 1 aromatic heterocycles. The van der Waals surface area contributed by atoms with Crippen LogP contribution in [-0.2, 0) is 6.61 Å². The van der Waals surface area contributed by atoms with Crippen molar-refractivity contribution in [3.63, 3.8) is 0 Å². The molecule has 0 radical (unpaired) electrons. The van der Waals surface area contributed by atoms with Crippen molar-refractivity contribution in [2.45, 2.75) is 6.61 Å². The molecule has 92 valence electrons. The van der Waals surface area contributed by atoms with Gasteiger partial charge in [0.1, 0.15) is 23.1 Å². The molecule has 0 atom stereocenters. The Morgan fingerprint density at radius 1 is 1.33 bits per heavy atom. The van der Waals surface area contributed by atoms with Gasteiger partial charge in [0, 0.05) is 6.20 Å². The first-order valence-electron chi connectivity index (χ1n) is 5.09. The molecule has 0 aliphatic carbocycles. The molecule has 6 heteroatoms. The molecule has 0 saturated carbocycles. The summed E-state index contributed by atoms with van der Waals surface area (Å²) < 4.78 is 5.42. The number of carbonyl (C=O) groups is 1. The number of aromatic nitrogens is 2. The second-order valence-electron chi connectivity index (χ2n) is 3.40. The molecule has 0 bridgehead atoms. The van der Waals surface area contributed by atoms with Gasteiger partial charge in [-0.15, -0.1) is 0 Å². The number of aromatic carboxylic acids is 1. The van der Waals surface area contributed by atoms with Crippen LogP contribution in [0.3, 0.4) is 0 Å². The summed E-state index contributed by atoms with van der Waals surface area (Å²) in [7, 11) is 0. The summed E-state index contributed by atoms with van der Waals surface area (Å²) in [6.07, 6.45) is 1.17. The lowest BCUT2D eigenvalue weighted by Gasteiger charge is -2.05. The fourth-order valence-corrected chi connectivity index (χ4v) is 1.50. The van der Waals surface area contributed by atoms with Crippen LogP contribution in [0.1, 0.15) is 16.2 Å². The zero-order chi connectivity index (χ0) is 13.0. The van der Waals surface area contributed by atoms with Gasteiger partial charge < -0.3 is 9.84 Å². The molecule has 0 unspecified atom stereocenters. The normalized spacial score (nSPS) is 10.1. The highest BCUT2D eigenvalue weighted by Crippen LogP contribution is 2.14. The van der Waals surface area contributed by atoms with Gasteiger partial charge in [-0.3, -0.25) is 0 Å². The topological polar surface area (TPSA) is 72.3 Å². The highest BCUT2D eigenvalue weighted by Gasteiger charge is 2.11. The molecule has 0 aliphatic heterocycles. The lowest BCUT2D eigenvalue weighted by molar-refractivity contribution is 0.0696. The number of benzene rings is 1. The number of rotatable bonds is 4. The number of ether oxygens (including phenoxy) is 1. The van der Waals surface area contributed by atoms with Crippen LogP contribution < -0.4 is 4.74 Å². The summed E-state index contributed by atoms with van der Waals surface area (Å²) in [6.45, 7) is 0.129. The van der Waals surface area contributed by atoms with E-state index in [9.17, 15) is 4.79 Å². The van der Waals surface area contributed by atoms with Gasteiger partial charge in [-0.2, -0.15) is 0 Å². The summed E-state index contributed by atoms with van der Waals surface area (Å²) >= 11 is 5.72. The van der Waals surface area contributed by atoms with Gasteiger partial charge in [0.2, 0.25) is 0 Å². The van der Waals surface area contributed by atoms with Crippen LogP contribution in [-0.4, -0.2) is 21.0 Å². The van der Waals surface area contributed by atoms with Gasteiger partial charge in [-0.25, -0.2) is 14.8 Å². The lowest BCUT2D eigenvalue weighted by atomic mass is 10.3. The predicted molar refractivity (Wildman–Crippen MR) is 64.8 cm³/mol. The highest BCUT2D eigenvalue weighted by molar-refractivity contribution is 6.32. The van der Waals surface area contributed by atoms with Crippen molar-refractivity contribution < 1.29 is 14.6 Å². The van der Waals surface area contributed by atoms with E-state index in [1.165, 1.54) is 6.20 Å². The van der Waals surface area contributed by atoms with Crippen molar-refractivity contribution in [1.82, 2.24) is 9.97 Å². The van der Waals surface area contributed by atoms with Gasteiger partial charge in [0.05, 0.1) is 0 Å². The smallest absolute Gasteiger partial charge is 0.340 e. The van der Waals surface area contributed by atoms with E-state index in [1.807, 2.05) is 18.2 Å². The molecule has 1 heterocycles. The maximum atomic E-state index is 10.7. The van der Waals surface area contributed by atoms with E-state index >= 15 is 0 Å². The number of halogens is 1. The van der Waals surface area contributed by atoms with E-state index in [0.717, 1.165) is 0 Å². The molecule has 18 heavy (non-hydrogen) atoms. The molecule has 0 saturated heterocycles. The van der Waals surface area contributed by atoms with Crippen LogP contribution in [0, 0.1) is 0 Å². The standard InChI is InChI=1S/C12H9ClN2O3/c13-11-9(12(16)17)6-14-10(15-11)7-18-8-4-2-1-3-5-8/h1-6H,7H2,(H,16,17). The van der Waals surface area contributed by atoms with E-state index in [-0.39, 0.29) is 17.3 Å². The Morgan fingerprint density at radius 3 is 2.67 bits per heavy atom. The van der Waals surface area contributed by atoms with E-state index in [1.54, 1.807) is 12.1 Å². The lowest BCUT2D eigenvalue weighted by Crippen LogP contribution is -2.06. The van der Waals surface area contributed by atoms with E-state index < -0.39 is 5.97 Å². The molecule has 1 aromatic carbocycles. The van der Waals surface area contributed by atoms with Crippen molar-refractivity contribution in [2.24, 2.45) is 0 Å². The van der Waals surface area contributed by atoms with Crippen LogP contribution in [0.4, 0.5) is 0 Å². The first-order chi connectivity index (χ1) is 8.66. The Labute approximate surface area is 108 Å². The van der Waals surface area contributed by atoms with E-state index in [2.05, 4.69) is 9.97 Å². The number of carboxylic acid groups (broad SMARTS) is 1. The molecule has 0 aliphatic rings. The Hall–Kier alpha value is -2.14. The molecular formula is C12H9ClN2O3. The van der Waals surface area contributed by atoms with Crippen LogP contribution in [0.15, 0.2) is 36.5 Å². The van der Waals surface area contributed by atoms with Crippen molar-refractivity contribution in [3.05, 3.63) is 53.1 Å². The third-order valence-electron chi connectivity index (χ3n) is 2.13. The largest absolute Gasteiger partial charge is 0.486 e. The molecule has 0 amide bonds.